The van der Waals surface area contributed by atoms with Crippen LogP contribution in [0.4, 0.5) is 0 Å². The Balaban J connectivity index is 1.72. The van der Waals surface area contributed by atoms with E-state index in [2.05, 4.69) is 16.8 Å². The number of ether oxygens (including phenoxy) is 1. The number of benzene rings is 1. The van der Waals surface area contributed by atoms with Crippen molar-refractivity contribution in [3.63, 3.8) is 0 Å². The van der Waals surface area contributed by atoms with Gasteiger partial charge in [-0.25, -0.2) is 0 Å². The third kappa shape index (κ3) is 4.35. The summed E-state index contributed by atoms with van der Waals surface area (Å²) in [7, 11) is 0. The van der Waals surface area contributed by atoms with E-state index in [0.717, 1.165) is 6.54 Å². The molecule has 0 aliphatic rings. The van der Waals surface area contributed by atoms with Gasteiger partial charge in [0.25, 0.3) is 0 Å². The summed E-state index contributed by atoms with van der Waals surface area (Å²) in [5.74, 6) is 0.506. The molecule has 0 fully saturated rings. The van der Waals surface area contributed by atoms with Gasteiger partial charge in [0.2, 0.25) is 0 Å². The molecule has 2 rings (SSSR count). The van der Waals surface area contributed by atoms with Gasteiger partial charge in [-0.05, 0) is 34.5 Å². The zero-order chi connectivity index (χ0) is 14.2. The lowest BCUT2D eigenvalue weighted by Crippen LogP contribution is -2.31. The summed E-state index contributed by atoms with van der Waals surface area (Å²) in [4.78, 5) is 0. The van der Waals surface area contributed by atoms with Crippen molar-refractivity contribution >= 4 is 11.3 Å². The van der Waals surface area contributed by atoms with Crippen molar-refractivity contribution in [2.24, 2.45) is 0 Å². The van der Waals surface area contributed by atoms with Gasteiger partial charge in [0.15, 0.2) is 0 Å². The van der Waals surface area contributed by atoms with E-state index in [1.54, 1.807) is 35.6 Å². The molecule has 1 unspecified atom stereocenters. The Bertz CT molecular complexity index is 564. The summed E-state index contributed by atoms with van der Waals surface area (Å²) in [6.07, 6.45) is -0.611. The highest BCUT2D eigenvalue weighted by atomic mass is 32.1. The molecule has 0 radical (unpaired) electrons. The number of hydrogen-bond donors (Lipinski definition) is 2. The van der Waals surface area contributed by atoms with Crippen LogP contribution < -0.4 is 10.1 Å². The fraction of sp³-hybridized carbons (Fsp3) is 0.267. The highest BCUT2D eigenvalue weighted by Gasteiger charge is 2.07. The van der Waals surface area contributed by atoms with Crippen LogP contribution in [0.3, 0.4) is 0 Å². The van der Waals surface area contributed by atoms with Gasteiger partial charge < -0.3 is 15.2 Å². The molecule has 1 heterocycles. The van der Waals surface area contributed by atoms with Gasteiger partial charge in [-0.2, -0.15) is 16.6 Å². The number of nitriles is 1. The quantitative estimate of drug-likeness (QED) is 0.819. The number of hydrogen-bond acceptors (Lipinski definition) is 5. The van der Waals surface area contributed by atoms with Crippen LogP contribution in [0, 0.1) is 11.3 Å². The molecule has 0 saturated heterocycles. The Morgan fingerprint density at radius 3 is 2.95 bits per heavy atom. The SMILES string of the molecule is N#Cc1ccccc1OCC(O)CNCc1ccsc1. The molecule has 0 spiro atoms. The minimum Gasteiger partial charge on any atom is -0.489 e. The minimum atomic E-state index is -0.611. The lowest BCUT2D eigenvalue weighted by atomic mass is 10.2. The summed E-state index contributed by atoms with van der Waals surface area (Å²) < 4.78 is 5.47. The average Bonchev–Trinajstić information content (AvgIpc) is 2.98. The van der Waals surface area contributed by atoms with Gasteiger partial charge in [0.1, 0.15) is 24.5 Å². The fourth-order valence-electron chi connectivity index (χ4n) is 1.71. The van der Waals surface area contributed by atoms with E-state index in [4.69, 9.17) is 10.00 Å². The first-order valence-electron chi connectivity index (χ1n) is 6.31. The predicted octanol–water partition coefficient (Wildman–Crippen LogP) is 2.15. The molecule has 0 aliphatic heterocycles. The van der Waals surface area contributed by atoms with E-state index in [9.17, 15) is 5.11 Å². The molecule has 2 aromatic rings. The van der Waals surface area contributed by atoms with Crippen molar-refractivity contribution in [1.82, 2.24) is 5.32 Å². The Kier molecular flexibility index (Phi) is 5.56. The standard InChI is InChI=1S/C15H16N2O2S/c16-7-13-3-1-2-4-15(13)19-10-14(18)9-17-8-12-5-6-20-11-12/h1-6,11,14,17-18H,8-10H2. The molecule has 104 valence electrons. The fourth-order valence-corrected chi connectivity index (χ4v) is 2.37. The normalized spacial score (nSPS) is 11.8. The molecule has 1 aromatic heterocycles. The van der Waals surface area contributed by atoms with Gasteiger partial charge in [-0.3, -0.25) is 0 Å². The predicted molar refractivity (Wildman–Crippen MR) is 78.7 cm³/mol. The van der Waals surface area contributed by atoms with Crippen LogP contribution in [0.1, 0.15) is 11.1 Å². The number of nitrogens with zero attached hydrogens (tertiary/aromatic N) is 1. The Morgan fingerprint density at radius 1 is 1.35 bits per heavy atom. The number of nitrogens with one attached hydrogen (secondary N) is 1. The monoisotopic (exact) mass is 288 g/mol. The van der Waals surface area contributed by atoms with Gasteiger partial charge in [-0.15, -0.1) is 0 Å². The number of thiophene rings is 1. The topological polar surface area (TPSA) is 65.3 Å². The van der Waals surface area contributed by atoms with E-state index in [1.807, 2.05) is 11.4 Å². The first-order valence-corrected chi connectivity index (χ1v) is 7.25. The summed E-state index contributed by atoms with van der Waals surface area (Å²) in [6.45, 7) is 1.34. The van der Waals surface area contributed by atoms with Crippen LogP contribution in [0.2, 0.25) is 0 Å². The van der Waals surface area contributed by atoms with Crippen LogP contribution in [-0.2, 0) is 6.54 Å². The maximum absolute atomic E-state index is 9.83. The maximum atomic E-state index is 9.83. The largest absolute Gasteiger partial charge is 0.489 e. The molecule has 1 atom stereocenters. The van der Waals surface area contributed by atoms with Crippen LogP contribution in [0.25, 0.3) is 0 Å². The molecule has 0 saturated carbocycles. The number of para-hydroxylation sites is 1. The first kappa shape index (κ1) is 14.5. The molecule has 0 aliphatic carbocycles. The molecular formula is C15H16N2O2S. The van der Waals surface area contributed by atoms with Crippen LogP contribution in [0.5, 0.6) is 5.75 Å². The number of aliphatic hydroxyl groups is 1. The molecule has 4 nitrogen and oxygen atoms in total. The van der Waals surface area contributed by atoms with Crippen LogP contribution in [0.15, 0.2) is 41.1 Å². The lowest BCUT2D eigenvalue weighted by molar-refractivity contribution is 0.106. The third-order valence-corrected chi connectivity index (χ3v) is 3.46. The summed E-state index contributed by atoms with van der Waals surface area (Å²) >= 11 is 1.65. The van der Waals surface area contributed by atoms with E-state index in [0.29, 0.717) is 17.9 Å². The second-order valence-electron chi connectivity index (χ2n) is 4.34. The highest BCUT2D eigenvalue weighted by molar-refractivity contribution is 7.07. The molecule has 20 heavy (non-hydrogen) atoms. The zero-order valence-electron chi connectivity index (χ0n) is 11.0. The van der Waals surface area contributed by atoms with Crippen molar-refractivity contribution in [3.05, 3.63) is 52.2 Å². The maximum Gasteiger partial charge on any atom is 0.137 e. The Labute approximate surface area is 122 Å². The zero-order valence-corrected chi connectivity index (χ0v) is 11.8. The molecular weight excluding hydrogens is 272 g/mol. The smallest absolute Gasteiger partial charge is 0.137 e. The van der Waals surface area contributed by atoms with Crippen molar-refractivity contribution in [3.8, 4) is 11.8 Å². The highest BCUT2D eigenvalue weighted by Crippen LogP contribution is 2.16. The Morgan fingerprint density at radius 2 is 2.20 bits per heavy atom. The van der Waals surface area contributed by atoms with Crippen molar-refractivity contribution in [1.29, 1.82) is 5.26 Å². The van der Waals surface area contributed by atoms with E-state index >= 15 is 0 Å². The lowest BCUT2D eigenvalue weighted by Gasteiger charge is -2.13. The van der Waals surface area contributed by atoms with Crippen molar-refractivity contribution in [2.45, 2.75) is 12.6 Å². The van der Waals surface area contributed by atoms with Crippen LogP contribution in [-0.4, -0.2) is 24.4 Å². The summed E-state index contributed by atoms with van der Waals surface area (Å²) in [5.41, 5.74) is 1.68. The number of aliphatic hydroxyl groups excluding tert-OH is 1. The molecule has 0 amide bonds. The van der Waals surface area contributed by atoms with Crippen LogP contribution >= 0.6 is 11.3 Å². The van der Waals surface area contributed by atoms with E-state index < -0.39 is 6.10 Å². The van der Waals surface area contributed by atoms with E-state index in [-0.39, 0.29) is 6.61 Å². The second-order valence-corrected chi connectivity index (χ2v) is 5.12. The van der Waals surface area contributed by atoms with E-state index in [1.165, 1.54) is 5.56 Å². The van der Waals surface area contributed by atoms with Gasteiger partial charge in [0, 0.05) is 13.1 Å². The molecule has 2 N–H and O–H groups in total. The summed E-state index contributed by atoms with van der Waals surface area (Å²) in [6, 6.07) is 11.1. The van der Waals surface area contributed by atoms with Crippen molar-refractivity contribution < 1.29 is 9.84 Å². The van der Waals surface area contributed by atoms with Crippen molar-refractivity contribution in [2.75, 3.05) is 13.2 Å². The van der Waals surface area contributed by atoms with Gasteiger partial charge in [0.05, 0.1) is 5.56 Å². The minimum absolute atomic E-state index is 0.162. The third-order valence-electron chi connectivity index (χ3n) is 2.73. The molecule has 1 aromatic carbocycles. The molecule has 5 heteroatoms. The first-order chi connectivity index (χ1) is 9.79. The molecule has 0 bridgehead atoms. The number of rotatable bonds is 7. The summed E-state index contributed by atoms with van der Waals surface area (Å²) in [5, 5.41) is 26.0. The second kappa shape index (κ2) is 7.65. The van der Waals surface area contributed by atoms with Gasteiger partial charge >= 0.3 is 0 Å². The Hall–Kier alpha value is -1.87. The average molecular weight is 288 g/mol. The van der Waals surface area contributed by atoms with Gasteiger partial charge in [-0.1, -0.05) is 12.1 Å².